The number of hydrogen-bond donors (Lipinski definition) is 0. The molecule has 1 rings (SSSR count). The van der Waals surface area contributed by atoms with Gasteiger partial charge < -0.3 is 12.4 Å². The van der Waals surface area contributed by atoms with Crippen LogP contribution in [0.2, 0.25) is 0 Å². The zero-order chi connectivity index (χ0) is 6.53. The maximum Gasteiger partial charge on any atom is 2.00 e. The first-order valence-electron chi connectivity index (χ1n) is 3.31. The van der Waals surface area contributed by atoms with Crippen molar-refractivity contribution in [2.45, 2.75) is 13.3 Å². The van der Waals surface area contributed by atoms with Crippen LogP contribution in [0.4, 0.5) is 0 Å². The van der Waals surface area contributed by atoms with Crippen molar-refractivity contribution < 1.29 is 12.4 Å². The normalized spacial score (nSPS) is 7.36. The molecule has 0 atom stereocenters. The first-order chi connectivity index (χ1) is 4.43. The minimum Gasteiger partial charge on any atom is -1.00 e. The molecule has 0 N–H and O–H groups in total. The van der Waals surface area contributed by atoms with Crippen LogP contribution in [-0.4, -0.2) is 23.1 Å². The van der Waals surface area contributed by atoms with E-state index >= 15 is 0 Å². The van der Waals surface area contributed by atoms with Crippen molar-refractivity contribution in [1.29, 1.82) is 0 Å². The Bertz CT molecular complexity index is 162. The van der Waals surface area contributed by atoms with E-state index in [9.17, 15) is 0 Å². The molecule has 0 fully saturated rings. The van der Waals surface area contributed by atoms with Crippen molar-refractivity contribution >= 4 is 23.1 Å². The molecule has 0 bridgehead atoms. The fourth-order valence-corrected chi connectivity index (χ4v) is 0.825. The average Bonchev–Trinajstić information content (AvgIpc) is 1.91. The Balaban J connectivity index is 0. The Kier molecular flexibility index (Phi) is 10.3. The van der Waals surface area contributed by atoms with Gasteiger partial charge in [-0.1, -0.05) is 19.4 Å². The molecule has 2 heteroatoms. The topological polar surface area (TPSA) is 0 Å². The van der Waals surface area contributed by atoms with Crippen LogP contribution in [0, 0.1) is 6.42 Å². The van der Waals surface area contributed by atoms with E-state index in [1.807, 2.05) is 6.07 Å². The second-order valence-electron chi connectivity index (χ2n) is 2.02. The predicted octanol–water partition coefficient (Wildman–Crippen LogP) is -0.728. The predicted molar refractivity (Wildman–Crippen MR) is 45.9 cm³/mol. The summed E-state index contributed by atoms with van der Waals surface area (Å²) in [5.74, 6) is 0. The molecule has 0 radical (unpaired) electrons. The zero-order valence-corrected chi connectivity index (χ0v) is 8.93. The van der Waals surface area contributed by atoms with E-state index in [-0.39, 0.29) is 35.5 Å². The van der Waals surface area contributed by atoms with Gasteiger partial charge in [-0.2, -0.15) is 24.1 Å². The van der Waals surface area contributed by atoms with Crippen molar-refractivity contribution in [1.82, 2.24) is 0 Å². The SMILES string of the molecule is CC[CH-]c1ccccc1.[Cl-].[Mg+2]. The molecule has 11 heavy (non-hydrogen) atoms. The molecule has 0 saturated heterocycles. The standard InChI is InChI=1S/C9H11.ClH.Mg/c1-2-6-9-7-4-3-5-8-9;;/h3-8H,2H2,1H3;1H;/q-1;;+2/p-1. The van der Waals surface area contributed by atoms with E-state index in [0.717, 1.165) is 6.42 Å². The smallest absolute Gasteiger partial charge is 1.00 e. The van der Waals surface area contributed by atoms with Crippen molar-refractivity contribution in [3.8, 4) is 0 Å². The van der Waals surface area contributed by atoms with E-state index < -0.39 is 0 Å². The molecule has 0 aliphatic rings. The van der Waals surface area contributed by atoms with Crippen molar-refractivity contribution in [2.75, 3.05) is 0 Å². The Hall–Kier alpha value is 0.146. The van der Waals surface area contributed by atoms with Crippen LogP contribution >= 0.6 is 0 Å². The largest absolute Gasteiger partial charge is 2.00 e. The van der Waals surface area contributed by atoms with Crippen LogP contribution in [0.15, 0.2) is 30.3 Å². The summed E-state index contributed by atoms with van der Waals surface area (Å²) in [5.41, 5.74) is 1.32. The third-order valence-corrected chi connectivity index (χ3v) is 1.24. The van der Waals surface area contributed by atoms with Gasteiger partial charge in [0, 0.05) is 0 Å². The molecule has 0 unspecified atom stereocenters. The minimum absolute atomic E-state index is 0. The maximum atomic E-state index is 2.21. The van der Waals surface area contributed by atoms with Gasteiger partial charge in [0.25, 0.3) is 0 Å². The van der Waals surface area contributed by atoms with Gasteiger partial charge in [-0.05, 0) is 0 Å². The van der Waals surface area contributed by atoms with Gasteiger partial charge in [-0.25, -0.2) is 0 Å². The Morgan fingerprint density at radius 2 is 1.73 bits per heavy atom. The molecule has 56 valence electrons. The maximum absolute atomic E-state index is 2.21. The van der Waals surface area contributed by atoms with E-state index in [0.29, 0.717) is 0 Å². The fourth-order valence-electron chi connectivity index (χ4n) is 0.825. The van der Waals surface area contributed by atoms with Crippen LogP contribution in [0.5, 0.6) is 0 Å². The Morgan fingerprint density at radius 1 is 1.18 bits per heavy atom. The monoisotopic (exact) mass is 178 g/mol. The zero-order valence-electron chi connectivity index (χ0n) is 6.76. The Labute approximate surface area is 90.9 Å². The summed E-state index contributed by atoms with van der Waals surface area (Å²) < 4.78 is 0. The van der Waals surface area contributed by atoms with Crippen molar-refractivity contribution in [2.24, 2.45) is 0 Å². The van der Waals surface area contributed by atoms with Gasteiger partial charge in [0.15, 0.2) is 0 Å². The number of hydrogen-bond acceptors (Lipinski definition) is 0. The summed E-state index contributed by atoms with van der Waals surface area (Å²) >= 11 is 0. The van der Waals surface area contributed by atoms with Crippen molar-refractivity contribution in [3.63, 3.8) is 0 Å². The van der Waals surface area contributed by atoms with Crippen LogP contribution in [0.25, 0.3) is 0 Å². The van der Waals surface area contributed by atoms with Crippen LogP contribution in [-0.2, 0) is 0 Å². The molecule has 1 aromatic carbocycles. The third-order valence-electron chi connectivity index (χ3n) is 1.24. The molecule has 0 aromatic heterocycles. The van der Waals surface area contributed by atoms with Gasteiger partial charge in [-0.3, -0.25) is 0 Å². The third kappa shape index (κ3) is 5.42. The molecule has 0 aliphatic carbocycles. The number of benzene rings is 1. The van der Waals surface area contributed by atoms with Gasteiger partial charge >= 0.3 is 23.1 Å². The number of halogens is 1. The first-order valence-corrected chi connectivity index (χ1v) is 3.31. The summed E-state index contributed by atoms with van der Waals surface area (Å²) in [6, 6.07) is 10.4. The van der Waals surface area contributed by atoms with Crippen LogP contribution < -0.4 is 12.4 Å². The molecule has 0 aliphatic heterocycles. The second-order valence-corrected chi connectivity index (χ2v) is 2.02. The summed E-state index contributed by atoms with van der Waals surface area (Å²) in [6.45, 7) is 2.15. The van der Waals surface area contributed by atoms with E-state index in [1.165, 1.54) is 5.56 Å². The fraction of sp³-hybridized carbons (Fsp3) is 0.222. The molecular weight excluding hydrogens is 168 g/mol. The van der Waals surface area contributed by atoms with Gasteiger partial charge in [0.1, 0.15) is 0 Å². The second kappa shape index (κ2) is 8.24. The van der Waals surface area contributed by atoms with E-state index in [4.69, 9.17) is 0 Å². The molecule has 0 saturated carbocycles. The molecule has 1 aromatic rings. The van der Waals surface area contributed by atoms with E-state index in [2.05, 4.69) is 37.6 Å². The molecule has 0 nitrogen and oxygen atoms in total. The molecule has 0 amide bonds. The minimum atomic E-state index is 0. The first kappa shape index (κ1) is 13.7. The summed E-state index contributed by atoms with van der Waals surface area (Å²) in [7, 11) is 0. The van der Waals surface area contributed by atoms with E-state index in [1.54, 1.807) is 0 Å². The molecular formula is C9H11ClMg. The number of rotatable bonds is 2. The van der Waals surface area contributed by atoms with Gasteiger partial charge in [0.2, 0.25) is 0 Å². The van der Waals surface area contributed by atoms with Gasteiger partial charge in [0.05, 0.1) is 0 Å². The van der Waals surface area contributed by atoms with Gasteiger partial charge in [-0.15, -0.1) is 12.1 Å². The summed E-state index contributed by atoms with van der Waals surface area (Å²) in [6.07, 6.45) is 3.32. The quantitative estimate of drug-likeness (QED) is 0.414. The Morgan fingerprint density at radius 3 is 2.18 bits per heavy atom. The summed E-state index contributed by atoms with van der Waals surface area (Å²) in [5, 5.41) is 0. The molecule has 0 heterocycles. The average molecular weight is 179 g/mol. The van der Waals surface area contributed by atoms with Crippen molar-refractivity contribution in [3.05, 3.63) is 42.3 Å². The summed E-state index contributed by atoms with van der Waals surface area (Å²) in [4.78, 5) is 0. The molecule has 0 spiro atoms. The van der Waals surface area contributed by atoms with Crippen LogP contribution in [0.3, 0.4) is 0 Å². The van der Waals surface area contributed by atoms with Crippen LogP contribution in [0.1, 0.15) is 18.9 Å².